The molecule has 0 spiro atoms. The normalized spacial score (nSPS) is 27.2. The van der Waals surface area contributed by atoms with Crippen LogP contribution < -0.4 is 10.9 Å². The molecule has 2 fully saturated rings. The van der Waals surface area contributed by atoms with Crippen LogP contribution in [0.3, 0.4) is 0 Å². The number of hydrogen-bond donors (Lipinski definition) is 1. The number of pyridine rings is 1. The minimum Gasteiger partial charge on any atom is -0.314 e. The van der Waals surface area contributed by atoms with E-state index in [1.54, 1.807) is 6.07 Å². The molecule has 1 aliphatic heterocycles. The SMILES string of the molecule is CC(C)C1CNC(C2CC2)CN1CCn1ccccc1=O. The Kier molecular flexibility index (Phi) is 4.45. The second kappa shape index (κ2) is 6.32. The number of aromatic nitrogens is 1. The average Bonchev–Trinajstić information content (AvgIpc) is 3.30. The van der Waals surface area contributed by atoms with Crippen molar-refractivity contribution in [1.82, 2.24) is 14.8 Å². The lowest BCUT2D eigenvalue weighted by atomic mass is 9.97. The van der Waals surface area contributed by atoms with E-state index >= 15 is 0 Å². The van der Waals surface area contributed by atoms with Crippen molar-refractivity contribution in [2.24, 2.45) is 11.8 Å². The zero-order valence-electron chi connectivity index (χ0n) is 13.2. The first-order valence-electron chi connectivity index (χ1n) is 8.28. The van der Waals surface area contributed by atoms with Crippen LogP contribution in [0.1, 0.15) is 26.7 Å². The molecule has 4 nitrogen and oxygen atoms in total. The largest absolute Gasteiger partial charge is 0.314 e. The van der Waals surface area contributed by atoms with Gasteiger partial charge in [-0.25, -0.2) is 0 Å². The van der Waals surface area contributed by atoms with Crippen molar-refractivity contribution in [3.63, 3.8) is 0 Å². The Morgan fingerprint density at radius 1 is 1.29 bits per heavy atom. The molecule has 0 radical (unpaired) electrons. The highest BCUT2D eigenvalue weighted by molar-refractivity contribution is 4.96. The van der Waals surface area contributed by atoms with Crippen molar-refractivity contribution in [2.75, 3.05) is 19.6 Å². The highest BCUT2D eigenvalue weighted by Gasteiger charge is 2.37. The first kappa shape index (κ1) is 14.8. The summed E-state index contributed by atoms with van der Waals surface area (Å²) in [5.41, 5.74) is 0.104. The second-order valence-electron chi connectivity index (χ2n) is 6.89. The summed E-state index contributed by atoms with van der Waals surface area (Å²) in [5.74, 6) is 1.53. The number of nitrogens with one attached hydrogen (secondary N) is 1. The molecule has 2 unspecified atom stereocenters. The Morgan fingerprint density at radius 3 is 2.76 bits per heavy atom. The van der Waals surface area contributed by atoms with Gasteiger partial charge >= 0.3 is 0 Å². The third-order valence-electron chi connectivity index (χ3n) is 4.98. The van der Waals surface area contributed by atoms with Crippen molar-refractivity contribution in [2.45, 2.75) is 45.3 Å². The molecule has 0 amide bonds. The van der Waals surface area contributed by atoms with Gasteiger partial charge in [-0.05, 0) is 30.7 Å². The van der Waals surface area contributed by atoms with Crippen LogP contribution in [0.5, 0.6) is 0 Å². The highest BCUT2D eigenvalue weighted by Crippen LogP contribution is 2.34. The molecular weight excluding hydrogens is 262 g/mol. The van der Waals surface area contributed by atoms with Gasteiger partial charge in [-0.1, -0.05) is 19.9 Å². The molecule has 0 bridgehead atoms. The minimum atomic E-state index is 0.104. The van der Waals surface area contributed by atoms with E-state index in [-0.39, 0.29) is 5.56 Å². The fraction of sp³-hybridized carbons (Fsp3) is 0.706. The second-order valence-corrected chi connectivity index (χ2v) is 6.89. The lowest BCUT2D eigenvalue weighted by Crippen LogP contribution is -2.59. The van der Waals surface area contributed by atoms with Crippen LogP contribution in [0.25, 0.3) is 0 Å². The van der Waals surface area contributed by atoms with Crippen LogP contribution in [0, 0.1) is 11.8 Å². The maximum atomic E-state index is 11.8. The van der Waals surface area contributed by atoms with E-state index in [0.717, 1.165) is 32.1 Å². The van der Waals surface area contributed by atoms with E-state index in [1.165, 1.54) is 12.8 Å². The van der Waals surface area contributed by atoms with Crippen molar-refractivity contribution in [1.29, 1.82) is 0 Å². The van der Waals surface area contributed by atoms with Crippen molar-refractivity contribution in [3.8, 4) is 0 Å². The Labute approximate surface area is 127 Å². The number of rotatable bonds is 5. The maximum Gasteiger partial charge on any atom is 0.250 e. The molecule has 2 heterocycles. The Balaban J connectivity index is 1.64. The standard InChI is InChI=1S/C17H27N3O/c1-13(2)16-11-18-15(14-6-7-14)12-20(16)10-9-19-8-4-3-5-17(19)21/h3-5,8,13-16,18H,6-7,9-12H2,1-2H3. The Morgan fingerprint density at radius 2 is 2.10 bits per heavy atom. The molecule has 1 aliphatic carbocycles. The van der Waals surface area contributed by atoms with Gasteiger partial charge in [0.1, 0.15) is 0 Å². The summed E-state index contributed by atoms with van der Waals surface area (Å²) in [6.45, 7) is 8.58. The quantitative estimate of drug-likeness (QED) is 0.894. The van der Waals surface area contributed by atoms with Crippen LogP contribution in [-0.4, -0.2) is 41.2 Å². The molecule has 3 rings (SSSR count). The van der Waals surface area contributed by atoms with E-state index < -0.39 is 0 Å². The summed E-state index contributed by atoms with van der Waals surface area (Å²) in [6, 6.07) is 6.63. The van der Waals surface area contributed by atoms with Gasteiger partial charge in [-0.2, -0.15) is 0 Å². The first-order chi connectivity index (χ1) is 10.1. The van der Waals surface area contributed by atoms with Gasteiger partial charge in [-0.15, -0.1) is 0 Å². The molecule has 116 valence electrons. The zero-order valence-corrected chi connectivity index (χ0v) is 13.2. The molecule has 1 aromatic heterocycles. The van der Waals surface area contributed by atoms with Gasteiger partial charge in [0.15, 0.2) is 0 Å². The zero-order chi connectivity index (χ0) is 14.8. The van der Waals surface area contributed by atoms with E-state index in [4.69, 9.17) is 0 Å². The van der Waals surface area contributed by atoms with Crippen LogP contribution >= 0.6 is 0 Å². The molecule has 1 aromatic rings. The fourth-order valence-corrected chi connectivity index (χ4v) is 3.46. The fourth-order valence-electron chi connectivity index (χ4n) is 3.46. The molecule has 2 atom stereocenters. The Hall–Kier alpha value is -1.13. The molecule has 21 heavy (non-hydrogen) atoms. The predicted octanol–water partition coefficient (Wildman–Crippen LogP) is 1.56. The molecule has 1 N–H and O–H groups in total. The van der Waals surface area contributed by atoms with E-state index in [9.17, 15) is 4.79 Å². The smallest absolute Gasteiger partial charge is 0.250 e. The van der Waals surface area contributed by atoms with Crippen LogP contribution in [0.15, 0.2) is 29.2 Å². The Bertz CT molecular complexity index is 521. The maximum absolute atomic E-state index is 11.8. The third kappa shape index (κ3) is 3.55. The molecular formula is C17H27N3O. The number of nitrogens with zero attached hydrogens (tertiary/aromatic N) is 2. The van der Waals surface area contributed by atoms with E-state index in [0.29, 0.717) is 18.0 Å². The monoisotopic (exact) mass is 289 g/mol. The number of hydrogen-bond acceptors (Lipinski definition) is 3. The minimum absolute atomic E-state index is 0.104. The molecule has 4 heteroatoms. The molecule has 1 saturated carbocycles. The summed E-state index contributed by atoms with van der Waals surface area (Å²) in [7, 11) is 0. The van der Waals surface area contributed by atoms with Crippen molar-refractivity contribution < 1.29 is 0 Å². The summed E-state index contributed by atoms with van der Waals surface area (Å²) < 4.78 is 1.82. The lowest BCUT2D eigenvalue weighted by molar-refractivity contribution is 0.0884. The molecule has 2 aliphatic rings. The van der Waals surface area contributed by atoms with Crippen LogP contribution in [0.4, 0.5) is 0 Å². The van der Waals surface area contributed by atoms with E-state index in [2.05, 4.69) is 24.1 Å². The van der Waals surface area contributed by atoms with Gasteiger partial charge < -0.3 is 9.88 Å². The first-order valence-corrected chi connectivity index (χ1v) is 8.28. The van der Waals surface area contributed by atoms with Gasteiger partial charge in [0.25, 0.3) is 5.56 Å². The van der Waals surface area contributed by atoms with Gasteiger partial charge in [0, 0.05) is 50.5 Å². The lowest BCUT2D eigenvalue weighted by Gasteiger charge is -2.42. The van der Waals surface area contributed by atoms with Gasteiger partial charge in [-0.3, -0.25) is 9.69 Å². The number of piperazine rings is 1. The summed E-state index contributed by atoms with van der Waals surface area (Å²) in [4.78, 5) is 14.4. The highest BCUT2D eigenvalue weighted by atomic mass is 16.1. The van der Waals surface area contributed by atoms with Gasteiger partial charge in [0.2, 0.25) is 0 Å². The average molecular weight is 289 g/mol. The summed E-state index contributed by atoms with van der Waals surface area (Å²) in [5, 5.41) is 3.74. The summed E-state index contributed by atoms with van der Waals surface area (Å²) in [6.07, 6.45) is 4.67. The molecule has 0 aromatic carbocycles. The predicted molar refractivity (Wildman–Crippen MR) is 85.4 cm³/mol. The third-order valence-corrected chi connectivity index (χ3v) is 4.98. The topological polar surface area (TPSA) is 37.3 Å². The van der Waals surface area contributed by atoms with Gasteiger partial charge in [0.05, 0.1) is 0 Å². The van der Waals surface area contributed by atoms with Crippen LogP contribution in [-0.2, 0) is 6.54 Å². The van der Waals surface area contributed by atoms with E-state index in [1.807, 2.05) is 22.9 Å². The van der Waals surface area contributed by atoms with Crippen molar-refractivity contribution >= 4 is 0 Å². The molecule has 1 saturated heterocycles. The van der Waals surface area contributed by atoms with Crippen LogP contribution in [0.2, 0.25) is 0 Å². The summed E-state index contributed by atoms with van der Waals surface area (Å²) >= 11 is 0. The van der Waals surface area contributed by atoms with Crippen molar-refractivity contribution in [3.05, 3.63) is 34.7 Å².